The zero-order valence-electron chi connectivity index (χ0n) is 11.3. The second-order valence-electron chi connectivity index (χ2n) is 5.62. The summed E-state index contributed by atoms with van der Waals surface area (Å²) in [5.41, 5.74) is 7.16. The van der Waals surface area contributed by atoms with Crippen LogP contribution in [0.1, 0.15) is 24.8 Å². The van der Waals surface area contributed by atoms with Crippen molar-refractivity contribution in [1.82, 2.24) is 4.90 Å². The van der Waals surface area contributed by atoms with Crippen LogP contribution < -0.4 is 10.6 Å². The Morgan fingerprint density at radius 3 is 2.84 bits per heavy atom. The molecule has 2 aliphatic rings. The molecule has 19 heavy (non-hydrogen) atoms. The van der Waals surface area contributed by atoms with Crippen LogP contribution in [0.3, 0.4) is 0 Å². The average Bonchev–Trinajstić information content (AvgIpc) is 2.76. The van der Waals surface area contributed by atoms with E-state index in [0.717, 1.165) is 37.3 Å². The van der Waals surface area contributed by atoms with Crippen molar-refractivity contribution in [2.45, 2.75) is 31.8 Å². The van der Waals surface area contributed by atoms with Gasteiger partial charge in [-0.15, -0.1) is 0 Å². The van der Waals surface area contributed by atoms with Crippen LogP contribution in [0, 0.1) is 5.82 Å². The zero-order chi connectivity index (χ0) is 13.2. The molecule has 1 unspecified atom stereocenters. The first-order chi connectivity index (χ1) is 9.28. The Morgan fingerprint density at radius 1 is 1.21 bits per heavy atom. The van der Waals surface area contributed by atoms with Crippen LogP contribution in [-0.2, 0) is 6.54 Å². The van der Waals surface area contributed by atoms with Gasteiger partial charge in [0.15, 0.2) is 0 Å². The highest BCUT2D eigenvalue weighted by molar-refractivity contribution is 5.49. The lowest BCUT2D eigenvalue weighted by atomic mass is 10.1. The van der Waals surface area contributed by atoms with Crippen molar-refractivity contribution in [3.05, 3.63) is 29.6 Å². The third-order valence-corrected chi connectivity index (χ3v) is 4.39. The molecule has 2 N–H and O–H groups in total. The lowest BCUT2D eigenvalue weighted by Crippen LogP contribution is -2.36. The van der Waals surface area contributed by atoms with Gasteiger partial charge in [-0.1, -0.05) is 6.07 Å². The van der Waals surface area contributed by atoms with Crippen LogP contribution in [0.25, 0.3) is 0 Å². The van der Waals surface area contributed by atoms with Gasteiger partial charge in [0, 0.05) is 32.2 Å². The Bertz CT molecular complexity index is 449. The molecule has 2 heterocycles. The largest absolute Gasteiger partial charge is 0.368 e. The predicted octanol–water partition coefficient (Wildman–Crippen LogP) is 1.96. The van der Waals surface area contributed by atoms with E-state index in [-0.39, 0.29) is 5.82 Å². The predicted molar refractivity (Wildman–Crippen MR) is 75.7 cm³/mol. The van der Waals surface area contributed by atoms with Crippen LogP contribution in [0.4, 0.5) is 10.1 Å². The number of nitrogens with two attached hydrogens (primary N) is 1. The summed E-state index contributed by atoms with van der Waals surface area (Å²) in [5.74, 6) is -0.130. The Kier molecular flexibility index (Phi) is 3.71. The quantitative estimate of drug-likeness (QED) is 0.885. The molecule has 0 radical (unpaired) electrons. The molecular formula is C15H22FN3. The average molecular weight is 263 g/mol. The summed E-state index contributed by atoms with van der Waals surface area (Å²) < 4.78 is 14.2. The second kappa shape index (κ2) is 5.47. The van der Waals surface area contributed by atoms with Gasteiger partial charge >= 0.3 is 0 Å². The topological polar surface area (TPSA) is 32.5 Å². The maximum atomic E-state index is 14.2. The van der Waals surface area contributed by atoms with Gasteiger partial charge in [0.1, 0.15) is 5.82 Å². The fourth-order valence-corrected chi connectivity index (χ4v) is 3.36. The third kappa shape index (κ3) is 2.60. The highest BCUT2D eigenvalue weighted by atomic mass is 19.1. The lowest BCUT2D eigenvalue weighted by molar-refractivity contribution is 0.273. The molecule has 104 valence electrons. The molecule has 0 bridgehead atoms. The van der Waals surface area contributed by atoms with Gasteiger partial charge in [-0.25, -0.2) is 4.39 Å². The van der Waals surface area contributed by atoms with Gasteiger partial charge < -0.3 is 10.6 Å². The van der Waals surface area contributed by atoms with E-state index in [1.54, 1.807) is 6.07 Å². The summed E-state index contributed by atoms with van der Waals surface area (Å²) in [6, 6.07) is 6.01. The summed E-state index contributed by atoms with van der Waals surface area (Å²) >= 11 is 0. The van der Waals surface area contributed by atoms with E-state index >= 15 is 0 Å². The molecule has 4 heteroatoms. The zero-order valence-corrected chi connectivity index (χ0v) is 11.3. The van der Waals surface area contributed by atoms with Crippen LogP contribution in [0.5, 0.6) is 0 Å². The number of hydrogen-bond acceptors (Lipinski definition) is 3. The molecule has 0 spiro atoms. The van der Waals surface area contributed by atoms with Gasteiger partial charge in [-0.05, 0) is 43.5 Å². The van der Waals surface area contributed by atoms with Crippen LogP contribution in [-0.4, -0.2) is 37.1 Å². The molecule has 2 aliphatic heterocycles. The number of rotatable bonds is 2. The molecular weight excluding hydrogens is 241 g/mol. The standard InChI is InChI=1S/C15H22FN3/c16-14-9-12(10-17)4-5-15(14)19-8-2-7-18-6-1-3-13(18)11-19/h4-5,9,13H,1-3,6-8,10-11,17H2. The maximum absolute atomic E-state index is 14.2. The highest BCUT2D eigenvalue weighted by Crippen LogP contribution is 2.27. The van der Waals surface area contributed by atoms with Gasteiger partial charge in [0.05, 0.1) is 5.69 Å². The van der Waals surface area contributed by atoms with Crippen LogP contribution in [0.15, 0.2) is 18.2 Å². The lowest BCUT2D eigenvalue weighted by Gasteiger charge is -2.27. The summed E-state index contributed by atoms with van der Waals surface area (Å²) in [7, 11) is 0. The van der Waals surface area contributed by atoms with Crippen LogP contribution >= 0.6 is 0 Å². The Morgan fingerprint density at radius 2 is 2.05 bits per heavy atom. The number of anilines is 1. The monoisotopic (exact) mass is 263 g/mol. The van der Waals surface area contributed by atoms with Gasteiger partial charge in [0.25, 0.3) is 0 Å². The van der Waals surface area contributed by atoms with Crippen molar-refractivity contribution in [3.63, 3.8) is 0 Å². The molecule has 2 fully saturated rings. The molecule has 2 saturated heterocycles. The van der Waals surface area contributed by atoms with E-state index in [9.17, 15) is 4.39 Å². The smallest absolute Gasteiger partial charge is 0.146 e. The first-order valence-corrected chi connectivity index (χ1v) is 7.25. The van der Waals surface area contributed by atoms with Gasteiger partial charge in [-0.2, -0.15) is 0 Å². The first-order valence-electron chi connectivity index (χ1n) is 7.25. The number of nitrogens with zero attached hydrogens (tertiary/aromatic N) is 2. The second-order valence-corrected chi connectivity index (χ2v) is 5.62. The fraction of sp³-hybridized carbons (Fsp3) is 0.600. The Hall–Kier alpha value is -1.13. The van der Waals surface area contributed by atoms with Crippen molar-refractivity contribution >= 4 is 5.69 Å². The van der Waals surface area contributed by atoms with E-state index in [0.29, 0.717) is 12.6 Å². The van der Waals surface area contributed by atoms with Crippen molar-refractivity contribution in [1.29, 1.82) is 0 Å². The minimum absolute atomic E-state index is 0.130. The molecule has 1 atom stereocenters. The number of fused-ring (bicyclic) bond motifs is 1. The molecule has 0 aliphatic carbocycles. The highest BCUT2D eigenvalue weighted by Gasteiger charge is 2.29. The summed E-state index contributed by atoms with van der Waals surface area (Å²) in [5, 5.41) is 0. The molecule has 0 saturated carbocycles. The molecule has 3 nitrogen and oxygen atoms in total. The van der Waals surface area contributed by atoms with Gasteiger partial charge in [0.2, 0.25) is 0 Å². The minimum atomic E-state index is -0.130. The normalized spacial score (nSPS) is 24.3. The van der Waals surface area contributed by atoms with E-state index in [2.05, 4.69) is 9.80 Å². The Balaban J connectivity index is 1.80. The van der Waals surface area contributed by atoms with Crippen molar-refractivity contribution in [2.24, 2.45) is 5.73 Å². The van der Waals surface area contributed by atoms with Crippen LogP contribution in [0.2, 0.25) is 0 Å². The number of hydrogen-bond donors (Lipinski definition) is 1. The first kappa shape index (κ1) is 12.9. The molecule has 1 aromatic rings. The minimum Gasteiger partial charge on any atom is -0.368 e. The van der Waals surface area contributed by atoms with Gasteiger partial charge in [-0.3, -0.25) is 4.90 Å². The Labute approximate surface area is 114 Å². The fourth-order valence-electron chi connectivity index (χ4n) is 3.36. The van der Waals surface area contributed by atoms with E-state index in [4.69, 9.17) is 5.73 Å². The summed E-state index contributed by atoms with van der Waals surface area (Å²) in [6.07, 6.45) is 3.65. The van der Waals surface area contributed by atoms with Crippen molar-refractivity contribution in [2.75, 3.05) is 31.1 Å². The van der Waals surface area contributed by atoms with E-state index in [1.807, 2.05) is 12.1 Å². The molecule has 1 aromatic carbocycles. The summed E-state index contributed by atoms with van der Waals surface area (Å²) in [6.45, 7) is 4.68. The molecule has 0 aromatic heterocycles. The van der Waals surface area contributed by atoms with Crippen molar-refractivity contribution < 1.29 is 4.39 Å². The SMILES string of the molecule is NCc1ccc(N2CCCN3CCCC3C2)c(F)c1. The summed E-state index contributed by atoms with van der Waals surface area (Å²) in [4.78, 5) is 4.78. The van der Waals surface area contributed by atoms with E-state index < -0.39 is 0 Å². The molecule has 0 amide bonds. The number of halogens is 1. The maximum Gasteiger partial charge on any atom is 0.146 e. The van der Waals surface area contributed by atoms with E-state index in [1.165, 1.54) is 19.4 Å². The third-order valence-electron chi connectivity index (χ3n) is 4.39. The molecule has 3 rings (SSSR count). The van der Waals surface area contributed by atoms with Crippen molar-refractivity contribution in [3.8, 4) is 0 Å². The number of benzene rings is 1.